The SMILES string of the molecule is CC(C)(C)OC(=O)N1CCC(OC2CC(OCC=Cc3cn4cc(-c5ccccc5O)nc4nc3N)C2)CC1. The van der Waals surface area contributed by atoms with Gasteiger partial charge in [0.25, 0.3) is 0 Å². The molecule has 5 rings (SSSR count). The molecule has 0 unspecified atom stereocenters. The van der Waals surface area contributed by atoms with Crippen molar-refractivity contribution in [3.8, 4) is 17.0 Å². The fourth-order valence-corrected chi connectivity index (χ4v) is 4.80. The minimum atomic E-state index is -0.476. The molecular weight excluding hydrogens is 498 g/mol. The van der Waals surface area contributed by atoms with Gasteiger partial charge < -0.3 is 30.0 Å². The molecule has 3 heterocycles. The number of carbonyl (C=O) groups excluding carboxylic acids is 1. The number of carbonyl (C=O) groups is 1. The predicted molar refractivity (Wildman–Crippen MR) is 148 cm³/mol. The molecule has 0 atom stereocenters. The Kier molecular flexibility index (Phi) is 7.76. The zero-order chi connectivity index (χ0) is 27.6. The van der Waals surface area contributed by atoms with Gasteiger partial charge in [0.15, 0.2) is 0 Å². The molecule has 1 saturated carbocycles. The Morgan fingerprint density at radius 2 is 1.85 bits per heavy atom. The van der Waals surface area contributed by atoms with E-state index in [-0.39, 0.29) is 30.2 Å². The van der Waals surface area contributed by atoms with Crippen LogP contribution in [0.3, 0.4) is 0 Å². The van der Waals surface area contributed by atoms with Gasteiger partial charge in [-0.3, -0.25) is 4.40 Å². The van der Waals surface area contributed by atoms with Crippen LogP contribution in [0.4, 0.5) is 10.6 Å². The van der Waals surface area contributed by atoms with Crippen molar-refractivity contribution in [2.24, 2.45) is 0 Å². The van der Waals surface area contributed by atoms with E-state index >= 15 is 0 Å². The molecule has 2 aliphatic rings. The highest BCUT2D eigenvalue weighted by Gasteiger charge is 2.34. The number of anilines is 1. The Hall–Kier alpha value is -3.63. The van der Waals surface area contributed by atoms with E-state index in [9.17, 15) is 9.90 Å². The molecule has 1 aromatic carbocycles. The zero-order valence-corrected chi connectivity index (χ0v) is 22.7. The summed E-state index contributed by atoms with van der Waals surface area (Å²) in [6.07, 6.45) is 11.2. The molecule has 10 nitrogen and oxygen atoms in total. The van der Waals surface area contributed by atoms with Crippen LogP contribution in [0.15, 0.2) is 42.7 Å². The Morgan fingerprint density at radius 3 is 2.56 bits per heavy atom. The summed E-state index contributed by atoms with van der Waals surface area (Å²) in [7, 11) is 0. The molecule has 39 heavy (non-hydrogen) atoms. The summed E-state index contributed by atoms with van der Waals surface area (Å²) in [5.41, 5.74) is 7.70. The van der Waals surface area contributed by atoms with Gasteiger partial charge in [-0.1, -0.05) is 24.3 Å². The first-order valence-electron chi connectivity index (χ1n) is 13.5. The number of aromatic nitrogens is 3. The molecule has 10 heteroatoms. The smallest absolute Gasteiger partial charge is 0.410 e. The second-order valence-electron chi connectivity index (χ2n) is 11.2. The first kappa shape index (κ1) is 27.0. The van der Waals surface area contributed by atoms with Crippen molar-refractivity contribution < 1.29 is 24.1 Å². The molecule has 3 N–H and O–H groups in total. The molecule has 0 radical (unpaired) electrons. The summed E-state index contributed by atoms with van der Waals surface area (Å²) in [6.45, 7) is 7.44. The highest BCUT2D eigenvalue weighted by atomic mass is 16.6. The molecule has 1 aliphatic heterocycles. The fourth-order valence-electron chi connectivity index (χ4n) is 4.80. The number of piperidine rings is 1. The van der Waals surface area contributed by atoms with E-state index in [1.54, 1.807) is 21.4 Å². The molecule has 2 fully saturated rings. The average molecular weight is 536 g/mol. The van der Waals surface area contributed by atoms with Crippen molar-refractivity contribution in [1.29, 1.82) is 0 Å². The van der Waals surface area contributed by atoms with Gasteiger partial charge in [0.05, 0.1) is 30.6 Å². The number of rotatable bonds is 7. The lowest BCUT2D eigenvalue weighted by atomic mass is 9.91. The molecule has 0 spiro atoms. The number of aromatic hydroxyl groups is 1. The van der Waals surface area contributed by atoms with Crippen molar-refractivity contribution in [2.75, 3.05) is 25.4 Å². The van der Waals surface area contributed by atoms with Gasteiger partial charge in [-0.25, -0.2) is 9.78 Å². The summed E-state index contributed by atoms with van der Waals surface area (Å²) in [6, 6.07) is 7.06. The summed E-state index contributed by atoms with van der Waals surface area (Å²) < 4.78 is 19.5. The first-order valence-corrected chi connectivity index (χ1v) is 13.5. The Morgan fingerprint density at radius 1 is 1.10 bits per heavy atom. The zero-order valence-electron chi connectivity index (χ0n) is 22.7. The standard InChI is InChI=1S/C29H37N5O5/c1-29(2,3)39-28(36)33-12-10-20(11-13-33)38-22-15-21(16-22)37-14-6-7-19-17-34-18-24(31-27(34)32-26(19)30)23-8-4-5-9-25(23)35/h4-9,17-18,20-22,35H,10-16H2,1-3H3,(H2,30,31,32). The van der Waals surface area contributed by atoms with Gasteiger partial charge in [0, 0.05) is 36.6 Å². The van der Waals surface area contributed by atoms with Crippen molar-refractivity contribution >= 4 is 23.8 Å². The van der Waals surface area contributed by atoms with Gasteiger partial charge in [-0.2, -0.15) is 4.98 Å². The molecule has 3 aromatic rings. The average Bonchev–Trinajstić information content (AvgIpc) is 3.26. The van der Waals surface area contributed by atoms with Crippen LogP contribution >= 0.6 is 0 Å². The second-order valence-corrected chi connectivity index (χ2v) is 11.2. The lowest BCUT2D eigenvalue weighted by Gasteiger charge is -2.39. The van der Waals surface area contributed by atoms with Crippen molar-refractivity contribution in [2.45, 2.75) is 70.4 Å². The van der Waals surface area contributed by atoms with Crippen LogP contribution in [0.25, 0.3) is 23.1 Å². The summed E-state index contributed by atoms with van der Waals surface area (Å²) in [4.78, 5) is 22.9. The van der Waals surface area contributed by atoms with Gasteiger partial charge >= 0.3 is 6.09 Å². The fraction of sp³-hybridized carbons (Fsp3) is 0.483. The molecule has 208 valence electrons. The lowest BCUT2D eigenvalue weighted by Crippen LogP contribution is -2.46. The maximum atomic E-state index is 12.2. The number of phenols is 1. The minimum Gasteiger partial charge on any atom is -0.507 e. The number of nitrogen functional groups attached to an aromatic ring is 1. The van der Waals surface area contributed by atoms with Gasteiger partial charge in [-0.05, 0) is 58.6 Å². The third kappa shape index (κ3) is 6.69. The number of likely N-dealkylation sites (tertiary alicyclic amines) is 1. The van der Waals surface area contributed by atoms with E-state index in [0.29, 0.717) is 42.5 Å². The Labute approximate surface area is 228 Å². The molecule has 2 aromatic heterocycles. The van der Waals surface area contributed by atoms with Crippen molar-refractivity contribution in [3.05, 3.63) is 48.3 Å². The number of nitrogens with zero attached hydrogens (tertiary/aromatic N) is 4. The quantitative estimate of drug-likeness (QED) is 0.448. The minimum absolute atomic E-state index is 0.165. The highest BCUT2D eigenvalue weighted by molar-refractivity contribution is 5.70. The summed E-state index contributed by atoms with van der Waals surface area (Å²) in [5, 5.41) is 10.1. The van der Waals surface area contributed by atoms with E-state index < -0.39 is 5.60 Å². The number of fused-ring (bicyclic) bond motifs is 1. The number of amides is 1. The number of imidazole rings is 1. The number of hydrogen-bond donors (Lipinski definition) is 2. The highest BCUT2D eigenvalue weighted by Crippen LogP contribution is 2.30. The number of nitrogens with two attached hydrogens (primary N) is 1. The van der Waals surface area contributed by atoms with Gasteiger partial charge in [0.2, 0.25) is 5.78 Å². The largest absolute Gasteiger partial charge is 0.507 e. The van der Waals surface area contributed by atoms with Gasteiger partial charge in [0.1, 0.15) is 17.2 Å². The van der Waals surface area contributed by atoms with Crippen LogP contribution in [0.2, 0.25) is 0 Å². The normalized spacial score (nSPS) is 20.4. The van der Waals surface area contributed by atoms with Crippen LogP contribution in [0, 0.1) is 0 Å². The van der Waals surface area contributed by atoms with Gasteiger partial charge in [-0.15, -0.1) is 0 Å². The molecule has 1 amide bonds. The van der Waals surface area contributed by atoms with Crippen LogP contribution in [0.1, 0.15) is 52.0 Å². The van der Waals surface area contributed by atoms with E-state index in [1.807, 2.05) is 57.4 Å². The number of phenolic OH excluding ortho intramolecular Hbond substituents is 1. The maximum absolute atomic E-state index is 12.2. The first-order chi connectivity index (χ1) is 18.6. The number of para-hydroxylation sites is 1. The third-order valence-electron chi connectivity index (χ3n) is 6.94. The van der Waals surface area contributed by atoms with E-state index in [2.05, 4.69) is 9.97 Å². The predicted octanol–water partition coefficient (Wildman–Crippen LogP) is 4.66. The molecule has 1 saturated heterocycles. The number of ether oxygens (including phenoxy) is 3. The monoisotopic (exact) mass is 535 g/mol. The topological polar surface area (TPSA) is 124 Å². The number of benzene rings is 1. The third-order valence-corrected chi connectivity index (χ3v) is 6.94. The summed E-state index contributed by atoms with van der Waals surface area (Å²) in [5.74, 6) is 1.01. The number of hydrogen-bond acceptors (Lipinski definition) is 8. The molecule has 0 bridgehead atoms. The Balaban J connectivity index is 1.04. The van der Waals surface area contributed by atoms with Crippen LogP contribution in [-0.4, -0.2) is 74.1 Å². The van der Waals surface area contributed by atoms with Crippen LogP contribution in [-0.2, 0) is 14.2 Å². The van der Waals surface area contributed by atoms with E-state index in [4.69, 9.17) is 19.9 Å². The van der Waals surface area contributed by atoms with Crippen molar-refractivity contribution in [1.82, 2.24) is 19.3 Å². The Bertz CT molecular complexity index is 1330. The van der Waals surface area contributed by atoms with E-state index in [1.165, 1.54) is 0 Å². The second kappa shape index (κ2) is 11.2. The van der Waals surface area contributed by atoms with E-state index in [0.717, 1.165) is 31.2 Å². The molecular formula is C29H37N5O5. The molecule has 1 aliphatic carbocycles. The van der Waals surface area contributed by atoms with Crippen molar-refractivity contribution in [3.63, 3.8) is 0 Å². The summed E-state index contributed by atoms with van der Waals surface area (Å²) >= 11 is 0. The van der Waals surface area contributed by atoms with Crippen LogP contribution in [0.5, 0.6) is 5.75 Å². The van der Waals surface area contributed by atoms with Crippen LogP contribution < -0.4 is 5.73 Å². The lowest BCUT2D eigenvalue weighted by molar-refractivity contribution is -0.130. The maximum Gasteiger partial charge on any atom is 0.410 e.